The first-order valence-corrected chi connectivity index (χ1v) is 8.70. The smallest absolute Gasteiger partial charge is 0.254 e. The molecule has 0 radical (unpaired) electrons. The lowest BCUT2D eigenvalue weighted by atomic mass is 10.0. The Morgan fingerprint density at radius 2 is 2.00 bits per heavy atom. The highest BCUT2D eigenvalue weighted by molar-refractivity contribution is 5.95. The molecular weight excluding hydrogens is 344 g/mol. The molecule has 27 heavy (non-hydrogen) atoms. The van der Waals surface area contributed by atoms with Crippen molar-refractivity contribution in [3.8, 4) is 11.3 Å². The molecule has 138 valence electrons. The van der Waals surface area contributed by atoms with Gasteiger partial charge in [-0.25, -0.2) is 4.98 Å². The van der Waals surface area contributed by atoms with Crippen LogP contribution in [0.15, 0.2) is 41.2 Å². The molecule has 0 unspecified atom stereocenters. The van der Waals surface area contributed by atoms with E-state index in [2.05, 4.69) is 15.1 Å². The van der Waals surface area contributed by atoms with Crippen molar-refractivity contribution in [2.24, 2.45) is 0 Å². The Balaban J connectivity index is 1.52. The Morgan fingerprint density at radius 1 is 1.22 bits per heavy atom. The number of aryl methyl sites for hydroxylation is 2. The second-order valence-electron chi connectivity index (χ2n) is 6.83. The minimum atomic E-state index is -0.329. The maximum atomic E-state index is 12.8. The minimum absolute atomic E-state index is 0.0460. The van der Waals surface area contributed by atoms with E-state index in [0.717, 1.165) is 11.4 Å². The highest BCUT2D eigenvalue weighted by Crippen LogP contribution is 2.26. The van der Waals surface area contributed by atoms with Crippen molar-refractivity contribution in [1.29, 1.82) is 0 Å². The van der Waals surface area contributed by atoms with Crippen LogP contribution in [0.25, 0.3) is 11.3 Å². The van der Waals surface area contributed by atoms with Crippen LogP contribution in [-0.2, 0) is 0 Å². The standard InChI is InChI=1S/C19H20N6O2/c1-11-6-12(2)25(23-11)15-9-24(10-15)18(27)14-5-3-4-13(7-14)16-8-17(26)22-19(20)21-16/h3-8,15H,9-10H2,1-2H3,(H3,20,21,22,26). The zero-order chi connectivity index (χ0) is 19.1. The average Bonchev–Trinajstić information content (AvgIpc) is 2.91. The number of nitrogen functional groups attached to an aromatic ring is 1. The lowest BCUT2D eigenvalue weighted by Gasteiger charge is -2.39. The Kier molecular flexibility index (Phi) is 4.02. The van der Waals surface area contributed by atoms with Gasteiger partial charge < -0.3 is 10.6 Å². The largest absolute Gasteiger partial charge is 0.369 e. The molecular formula is C19H20N6O2. The van der Waals surface area contributed by atoms with Gasteiger partial charge in [-0.1, -0.05) is 12.1 Å². The van der Waals surface area contributed by atoms with Crippen LogP contribution < -0.4 is 11.3 Å². The number of benzene rings is 1. The van der Waals surface area contributed by atoms with Gasteiger partial charge >= 0.3 is 0 Å². The number of rotatable bonds is 3. The lowest BCUT2D eigenvalue weighted by molar-refractivity contribution is 0.0497. The van der Waals surface area contributed by atoms with Crippen LogP contribution in [0.4, 0.5) is 5.95 Å². The van der Waals surface area contributed by atoms with Crippen molar-refractivity contribution >= 4 is 11.9 Å². The summed E-state index contributed by atoms with van der Waals surface area (Å²) in [6, 6.07) is 10.7. The topological polar surface area (TPSA) is 110 Å². The number of nitrogens with one attached hydrogen (secondary N) is 1. The SMILES string of the molecule is Cc1cc(C)n(C2CN(C(=O)c3cccc(-c4cc(=O)[nH]c(N)n4)c3)C2)n1. The van der Waals surface area contributed by atoms with E-state index in [1.165, 1.54) is 6.07 Å². The molecule has 2 aromatic heterocycles. The fourth-order valence-electron chi connectivity index (χ4n) is 3.41. The molecule has 3 N–H and O–H groups in total. The molecule has 0 saturated carbocycles. The van der Waals surface area contributed by atoms with E-state index in [0.29, 0.717) is 29.9 Å². The number of carbonyl (C=O) groups excluding carboxylic acids is 1. The van der Waals surface area contributed by atoms with Crippen molar-refractivity contribution in [3.05, 3.63) is 63.7 Å². The fourth-order valence-corrected chi connectivity index (χ4v) is 3.41. The summed E-state index contributed by atoms with van der Waals surface area (Å²) in [6.07, 6.45) is 0. The maximum absolute atomic E-state index is 12.8. The van der Waals surface area contributed by atoms with Gasteiger partial charge in [0.05, 0.1) is 17.4 Å². The van der Waals surface area contributed by atoms with Crippen molar-refractivity contribution in [3.63, 3.8) is 0 Å². The number of nitrogens with zero attached hydrogens (tertiary/aromatic N) is 4. The summed E-state index contributed by atoms with van der Waals surface area (Å²) >= 11 is 0. The second-order valence-corrected chi connectivity index (χ2v) is 6.83. The first-order chi connectivity index (χ1) is 12.9. The molecule has 1 saturated heterocycles. The van der Waals surface area contributed by atoms with Gasteiger partial charge in [-0.15, -0.1) is 0 Å². The number of anilines is 1. The number of H-pyrrole nitrogens is 1. The van der Waals surface area contributed by atoms with Crippen LogP contribution >= 0.6 is 0 Å². The molecule has 0 aliphatic carbocycles. The Labute approximate surface area is 155 Å². The number of nitrogens with two attached hydrogens (primary N) is 1. The average molecular weight is 364 g/mol. The van der Waals surface area contributed by atoms with Crippen molar-refractivity contribution in [1.82, 2.24) is 24.6 Å². The molecule has 0 bridgehead atoms. The van der Waals surface area contributed by atoms with Gasteiger partial charge in [0.2, 0.25) is 5.95 Å². The molecule has 1 fully saturated rings. The lowest BCUT2D eigenvalue weighted by Crippen LogP contribution is -2.51. The number of carbonyl (C=O) groups is 1. The highest BCUT2D eigenvalue weighted by atomic mass is 16.2. The van der Waals surface area contributed by atoms with Gasteiger partial charge in [0, 0.05) is 36.0 Å². The quantitative estimate of drug-likeness (QED) is 0.732. The van der Waals surface area contributed by atoms with Crippen LogP contribution in [0.5, 0.6) is 0 Å². The summed E-state index contributed by atoms with van der Waals surface area (Å²) < 4.78 is 1.98. The third kappa shape index (κ3) is 3.21. The van der Waals surface area contributed by atoms with Gasteiger partial charge in [0.25, 0.3) is 11.5 Å². The summed E-state index contributed by atoms with van der Waals surface area (Å²) in [5.41, 5.74) is 9.03. The summed E-state index contributed by atoms with van der Waals surface area (Å²) in [7, 11) is 0. The number of hydrogen-bond donors (Lipinski definition) is 2. The van der Waals surface area contributed by atoms with E-state index in [9.17, 15) is 9.59 Å². The summed E-state index contributed by atoms with van der Waals surface area (Å²) in [4.78, 5) is 32.7. The van der Waals surface area contributed by atoms with E-state index in [-0.39, 0.29) is 23.5 Å². The molecule has 4 rings (SSSR count). The summed E-state index contributed by atoms with van der Waals surface area (Å²) in [5, 5.41) is 4.50. The molecule has 0 spiro atoms. The van der Waals surface area contributed by atoms with E-state index < -0.39 is 0 Å². The Morgan fingerprint density at radius 3 is 2.67 bits per heavy atom. The number of aromatic nitrogens is 4. The molecule has 1 aromatic carbocycles. The van der Waals surface area contributed by atoms with Gasteiger partial charge in [0.15, 0.2) is 0 Å². The van der Waals surface area contributed by atoms with Gasteiger partial charge in [-0.2, -0.15) is 5.10 Å². The summed E-state index contributed by atoms with van der Waals surface area (Å²) in [5.74, 6) is -0.00264. The van der Waals surface area contributed by atoms with E-state index in [4.69, 9.17) is 5.73 Å². The number of aromatic amines is 1. The van der Waals surface area contributed by atoms with Crippen molar-refractivity contribution < 1.29 is 4.79 Å². The monoisotopic (exact) mass is 364 g/mol. The van der Waals surface area contributed by atoms with E-state index in [1.807, 2.05) is 24.6 Å². The molecule has 8 nitrogen and oxygen atoms in total. The predicted molar refractivity (Wildman–Crippen MR) is 101 cm³/mol. The van der Waals surface area contributed by atoms with Gasteiger partial charge in [-0.3, -0.25) is 19.3 Å². The fraction of sp³-hybridized carbons (Fsp3) is 0.263. The van der Waals surface area contributed by atoms with Crippen LogP contribution in [0.1, 0.15) is 27.8 Å². The van der Waals surface area contributed by atoms with Crippen LogP contribution in [0.2, 0.25) is 0 Å². The third-order valence-electron chi connectivity index (χ3n) is 4.71. The normalized spacial score (nSPS) is 14.2. The first-order valence-electron chi connectivity index (χ1n) is 8.70. The zero-order valence-corrected chi connectivity index (χ0v) is 15.1. The van der Waals surface area contributed by atoms with Gasteiger partial charge in [0.1, 0.15) is 0 Å². The van der Waals surface area contributed by atoms with Crippen molar-refractivity contribution in [2.75, 3.05) is 18.8 Å². The molecule has 1 amide bonds. The van der Waals surface area contributed by atoms with Crippen LogP contribution in [-0.4, -0.2) is 43.6 Å². The second kappa shape index (κ2) is 6.39. The minimum Gasteiger partial charge on any atom is -0.369 e. The first kappa shape index (κ1) is 17.0. The molecule has 3 heterocycles. The zero-order valence-electron chi connectivity index (χ0n) is 15.1. The maximum Gasteiger partial charge on any atom is 0.254 e. The highest BCUT2D eigenvalue weighted by Gasteiger charge is 2.33. The Hall–Kier alpha value is -3.42. The number of likely N-dealkylation sites (tertiary alicyclic amines) is 1. The molecule has 1 aliphatic rings. The third-order valence-corrected chi connectivity index (χ3v) is 4.71. The van der Waals surface area contributed by atoms with Crippen LogP contribution in [0.3, 0.4) is 0 Å². The molecule has 0 atom stereocenters. The molecule has 3 aromatic rings. The van der Waals surface area contributed by atoms with E-state index >= 15 is 0 Å². The van der Waals surface area contributed by atoms with Crippen molar-refractivity contribution in [2.45, 2.75) is 19.9 Å². The van der Waals surface area contributed by atoms with Gasteiger partial charge in [-0.05, 0) is 32.0 Å². The van der Waals surface area contributed by atoms with E-state index in [1.54, 1.807) is 29.2 Å². The number of hydrogen-bond acceptors (Lipinski definition) is 5. The van der Waals surface area contributed by atoms with Crippen LogP contribution in [0, 0.1) is 13.8 Å². The summed E-state index contributed by atoms with van der Waals surface area (Å²) in [6.45, 7) is 5.24. The molecule has 1 aliphatic heterocycles. The number of amides is 1. The predicted octanol–water partition coefficient (Wildman–Crippen LogP) is 1.53. The Bertz CT molecular complexity index is 1080. The molecule has 8 heteroatoms.